The fraction of sp³-hybridized carbons (Fsp3) is 0.625. The Hall–Kier alpha value is -1.04. The number of aliphatic hydroxyl groups is 1. The van der Waals surface area contributed by atoms with Crippen molar-refractivity contribution in [2.75, 3.05) is 32.7 Å². The average Bonchev–Trinajstić information content (AvgIpc) is 2.91. The molecule has 1 aromatic rings. The molecule has 21 heavy (non-hydrogen) atoms. The number of nitrogens with zero attached hydrogens (tertiary/aromatic N) is 2. The van der Waals surface area contributed by atoms with Crippen LogP contribution in [0, 0.1) is 11.6 Å². The summed E-state index contributed by atoms with van der Waals surface area (Å²) in [6.07, 6.45) is 2.24. The van der Waals surface area contributed by atoms with Crippen molar-refractivity contribution >= 4 is 0 Å². The maximum atomic E-state index is 13.2. The van der Waals surface area contributed by atoms with Crippen LogP contribution in [0.15, 0.2) is 18.2 Å². The summed E-state index contributed by atoms with van der Waals surface area (Å²) >= 11 is 0. The molecule has 2 aliphatic heterocycles. The molecule has 0 saturated carbocycles. The predicted octanol–water partition coefficient (Wildman–Crippen LogP) is 2.17. The van der Waals surface area contributed by atoms with Crippen LogP contribution in [0.4, 0.5) is 8.78 Å². The van der Waals surface area contributed by atoms with E-state index in [-0.39, 0.29) is 0 Å². The predicted molar refractivity (Wildman–Crippen MR) is 77.0 cm³/mol. The van der Waals surface area contributed by atoms with Crippen molar-refractivity contribution < 1.29 is 13.9 Å². The Morgan fingerprint density at radius 3 is 2.67 bits per heavy atom. The second-order valence-corrected chi connectivity index (χ2v) is 6.14. The molecule has 1 N–H and O–H groups in total. The fourth-order valence-electron chi connectivity index (χ4n) is 3.50. The highest BCUT2D eigenvalue weighted by Gasteiger charge is 2.30. The Labute approximate surface area is 124 Å². The van der Waals surface area contributed by atoms with Crippen molar-refractivity contribution in [2.45, 2.75) is 31.4 Å². The summed E-state index contributed by atoms with van der Waals surface area (Å²) < 4.78 is 26.3. The van der Waals surface area contributed by atoms with E-state index in [0.29, 0.717) is 18.0 Å². The van der Waals surface area contributed by atoms with Crippen LogP contribution in [0.3, 0.4) is 0 Å². The van der Waals surface area contributed by atoms with Crippen LogP contribution in [-0.2, 0) is 0 Å². The van der Waals surface area contributed by atoms with Crippen LogP contribution >= 0.6 is 0 Å². The van der Waals surface area contributed by atoms with E-state index >= 15 is 0 Å². The largest absolute Gasteiger partial charge is 0.388 e. The van der Waals surface area contributed by atoms with Crippen LogP contribution in [0.1, 0.15) is 30.9 Å². The second-order valence-electron chi connectivity index (χ2n) is 6.14. The number of rotatable bonds is 4. The van der Waals surface area contributed by atoms with Crippen LogP contribution in [0.2, 0.25) is 0 Å². The Morgan fingerprint density at radius 1 is 1.14 bits per heavy atom. The van der Waals surface area contributed by atoms with Gasteiger partial charge in [-0.25, -0.2) is 8.78 Å². The highest BCUT2D eigenvalue weighted by molar-refractivity contribution is 5.20. The minimum atomic E-state index is -0.809. The third-order valence-electron chi connectivity index (χ3n) is 4.66. The van der Waals surface area contributed by atoms with E-state index in [2.05, 4.69) is 9.80 Å². The average molecular weight is 296 g/mol. The zero-order valence-electron chi connectivity index (χ0n) is 12.1. The number of hydrogen-bond donors (Lipinski definition) is 1. The summed E-state index contributed by atoms with van der Waals surface area (Å²) in [6, 6.07) is 3.91. The maximum Gasteiger partial charge on any atom is 0.126 e. The van der Waals surface area contributed by atoms with Gasteiger partial charge in [-0.1, -0.05) is 0 Å². The lowest BCUT2D eigenvalue weighted by Gasteiger charge is -2.37. The Morgan fingerprint density at radius 2 is 1.90 bits per heavy atom. The monoisotopic (exact) mass is 296 g/mol. The van der Waals surface area contributed by atoms with Gasteiger partial charge in [-0.15, -0.1) is 0 Å². The van der Waals surface area contributed by atoms with Gasteiger partial charge in [0.2, 0.25) is 0 Å². The van der Waals surface area contributed by atoms with Crippen LogP contribution in [-0.4, -0.2) is 53.7 Å². The molecular formula is C16H22F2N2O. The van der Waals surface area contributed by atoms with Gasteiger partial charge in [0.25, 0.3) is 0 Å². The highest BCUT2D eigenvalue weighted by Crippen LogP contribution is 2.23. The van der Waals surface area contributed by atoms with Crippen LogP contribution in [0.25, 0.3) is 0 Å². The van der Waals surface area contributed by atoms with E-state index in [1.54, 1.807) is 0 Å². The van der Waals surface area contributed by atoms with Crippen molar-refractivity contribution in [3.05, 3.63) is 35.4 Å². The fourth-order valence-corrected chi connectivity index (χ4v) is 3.50. The van der Waals surface area contributed by atoms with Gasteiger partial charge in [0.15, 0.2) is 0 Å². The van der Waals surface area contributed by atoms with Crippen molar-refractivity contribution in [3.8, 4) is 0 Å². The molecule has 0 radical (unpaired) electrons. The topological polar surface area (TPSA) is 26.7 Å². The first-order valence-electron chi connectivity index (χ1n) is 7.72. The Balaban J connectivity index is 1.52. The van der Waals surface area contributed by atoms with E-state index in [1.165, 1.54) is 31.5 Å². The van der Waals surface area contributed by atoms with Crippen molar-refractivity contribution in [1.82, 2.24) is 9.80 Å². The first-order chi connectivity index (χ1) is 10.1. The van der Waals surface area contributed by atoms with Gasteiger partial charge in [-0.3, -0.25) is 4.90 Å². The van der Waals surface area contributed by atoms with Gasteiger partial charge >= 0.3 is 0 Å². The normalized spacial score (nSPS) is 25.0. The lowest BCUT2D eigenvalue weighted by atomic mass is 10.1. The molecule has 2 fully saturated rings. The van der Waals surface area contributed by atoms with Gasteiger partial charge in [0.1, 0.15) is 11.6 Å². The van der Waals surface area contributed by atoms with Crippen LogP contribution in [0.5, 0.6) is 0 Å². The van der Waals surface area contributed by atoms with E-state index in [0.717, 1.165) is 32.2 Å². The molecule has 0 bridgehead atoms. The SMILES string of the molecule is OC(CCN1CCN2CCCC2C1)c1cc(F)cc(F)c1. The molecule has 2 atom stereocenters. The minimum absolute atomic E-state index is 0.326. The summed E-state index contributed by atoms with van der Waals surface area (Å²) in [5.74, 6) is -1.27. The van der Waals surface area contributed by atoms with Gasteiger partial charge in [0.05, 0.1) is 6.10 Å². The number of halogens is 2. The third kappa shape index (κ3) is 3.59. The lowest BCUT2D eigenvalue weighted by Crippen LogP contribution is -2.50. The number of fused-ring (bicyclic) bond motifs is 1. The second kappa shape index (κ2) is 6.38. The molecule has 2 unspecified atom stereocenters. The molecule has 3 nitrogen and oxygen atoms in total. The summed E-state index contributed by atoms with van der Waals surface area (Å²) in [5.41, 5.74) is 0.326. The zero-order chi connectivity index (χ0) is 14.8. The molecule has 0 aromatic heterocycles. The number of piperazine rings is 1. The smallest absolute Gasteiger partial charge is 0.126 e. The number of aliphatic hydroxyl groups excluding tert-OH is 1. The van der Waals surface area contributed by atoms with Crippen molar-refractivity contribution in [1.29, 1.82) is 0 Å². The molecule has 0 spiro atoms. The van der Waals surface area contributed by atoms with Gasteiger partial charge in [-0.2, -0.15) is 0 Å². The highest BCUT2D eigenvalue weighted by atomic mass is 19.1. The van der Waals surface area contributed by atoms with Gasteiger partial charge in [-0.05, 0) is 43.5 Å². The van der Waals surface area contributed by atoms with E-state index < -0.39 is 17.7 Å². The van der Waals surface area contributed by atoms with Gasteiger partial charge in [0, 0.05) is 38.3 Å². The molecule has 2 aliphatic rings. The van der Waals surface area contributed by atoms with E-state index in [1.807, 2.05) is 0 Å². The lowest BCUT2D eigenvalue weighted by molar-refractivity contribution is 0.0834. The molecule has 0 aliphatic carbocycles. The minimum Gasteiger partial charge on any atom is -0.388 e. The summed E-state index contributed by atoms with van der Waals surface area (Å²) in [5, 5.41) is 10.1. The molecule has 0 amide bonds. The van der Waals surface area contributed by atoms with E-state index in [4.69, 9.17) is 0 Å². The Kier molecular flexibility index (Phi) is 4.52. The molecule has 3 rings (SSSR count). The molecule has 2 saturated heterocycles. The zero-order valence-corrected chi connectivity index (χ0v) is 12.1. The van der Waals surface area contributed by atoms with Crippen molar-refractivity contribution in [2.24, 2.45) is 0 Å². The summed E-state index contributed by atoms with van der Waals surface area (Å²) in [4.78, 5) is 4.89. The molecular weight excluding hydrogens is 274 g/mol. The maximum absolute atomic E-state index is 13.2. The van der Waals surface area contributed by atoms with Crippen molar-refractivity contribution in [3.63, 3.8) is 0 Å². The summed E-state index contributed by atoms with van der Waals surface area (Å²) in [7, 11) is 0. The molecule has 1 aromatic carbocycles. The van der Waals surface area contributed by atoms with Gasteiger partial charge < -0.3 is 10.0 Å². The molecule has 116 valence electrons. The summed E-state index contributed by atoms with van der Waals surface area (Å²) in [6.45, 7) is 5.13. The van der Waals surface area contributed by atoms with E-state index in [9.17, 15) is 13.9 Å². The standard InChI is InChI=1S/C16H22F2N2O/c17-13-8-12(9-14(18)10-13)16(21)3-5-19-6-7-20-4-1-2-15(20)11-19/h8-10,15-16,21H,1-7,11H2. The first kappa shape index (κ1) is 14.9. The quantitative estimate of drug-likeness (QED) is 0.922. The number of benzene rings is 1. The molecule has 2 heterocycles. The van der Waals surface area contributed by atoms with Crippen LogP contribution < -0.4 is 0 Å². The third-order valence-corrected chi connectivity index (χ3v) is 4.66. The Bertz CT molecular complexity index is 477. The first-order valence-corrected chi connectivity index (χ1v) is 7.72. The number of hydrogen-bond acceptors (Lipinski definition) is 3. The molecule has 5 heteroatoms.